The van der Waals surface area contributed by atoms with Crippen LogP contribution >= 0.6 is 11.6 Å². The molecule has 0 spiro atoms. The fourth-order valence-corrected chi connectivity index (χ4v) is 3.84. The highest BCUT2D eigenvalue weighted by Crippen LogP contribution is 2.34. The van der Waals surface area contributed by atoms with E-state index in [1.807, 2.05) is 17.7 Å². The monoisotopic (exact) mass is 404 g/mol. The largest absolute Gasteiger partial charge is 0.465 e. The van der Waals surface area contributed by atoms with Crippen LogP contribution < -0.4 is 11.1 Å². The van der Waals surface area contributed by atoms with Gasteiger partial charge in [-0.05, 0) is 19.8 Å². The van der Waals surface area contributed by atoms with Crippen LogP contribution in [0.5, 0.6) is 0 Å². The Morgan fingerprint density at radius 2 is 2.25 bits per heavy atom. The first kappa shape index (κ1) is 18.4. The Morgan fingerprint density at radius 1 is 1.43 bits per heavy atom. The molecule has 4 heterocycles. The summed E-state index contributed by atoms with van der Waals surface area (Å²) in [6, 6.07) is -0.0650. The number of aryl methyl sites for hydroxylation is 1. The van der Waals surface area contributed by atoms with Gasteiger partial charge in [-0.15, -0.1) is 0 Å². The number of amides is 1. The summed E-state index contributed by atoms with van der Waals surface area (Å²) >= 11 is 6.39. The fraction of sp³-hybridized carbons (Fsp3) is 0.412. The van der Waals surface area contributed by atoms with Crippen LogP contribution in [0.2, 0.25) is 5.02 Å². The zero-order chi connectivity index (χ0) is 19.8. The maximum atomic E-state index is 11.4. The Kier molecular flexibility index (Phi) is 4.71. The standard InChI is InChI=1S/C17H21ClN8O2/c1-2-25-7-10(6-20-25)21-16-22-14(19)13-12(18)9-26(15(13)23-16)11-4-3-5-24(8-11)17(27)28/h6-7,9,11H,2-5,8H2,1H3,(H,27,28)(H3,19,21,22,23). The van der Waals surface area contributed by atoms with Gasteiger partial charge in [0.1, 0.15) is 11.5 Å². The number of carbonyl (C=O) groups is 1. The summed E-state index contributed by atoms with van der Waals surface area (Å²) in [6.07, 6.45) is 5.98. The molecule has 4 rings (SSSR count). The molecular formula is C17H21ClN8O2. The molecule has 1 unspecified atom stereocenters. The number of fused-ring (bicyclic) bond motifs is 1. The van der Waals surface area contributed by atoms with Gasteiger partial charge in [0.15, 0.2) is 0 Å². The van der Waals surface area contributed by atoms with E-state index in [1.165, 1.54) is 4.90 Å². The number of nitrogen functional groups attached to an aromatic ring is 1. The van der Waals surface area contributed by atoms with Gasteiger partial charge in [-0.2, -0.15) is 15.1 Å². The van der Waals surface area contributed by atoms with Crippen molar-refractivity contribution in [2.24, 2.45) is 0 Å². The Morgan fingerprint density at radius 3 is 2.96 bits per heavy atom. The number of carboxylic acid groups (broad SMARTS) is 1. The third-order valence-corrected chi connectivity index (χ3v) is 5.21. The van der Waals surface area contributed by atoms with E-state index in [-0.39, 0.29) is 11.9 Å². The van der Waals surface area contributed by atoms with Crippen molar-refractivity contribution in [1.82, 2.24) is 29.2 Å². The van der Waals surface area contributed by atoms with Crippen molar-refractivity contribution in [3.8, 4) is 0 Å². The van der Waals surface area contributed by atoms with Crippen LogP contribution in [0.1, 0.15) is 25.8 Å². The highest BCUT2D eigenvalue weighted by Gasteiger charge is 2.27. The molecule has 1 aliphatic heterocycles. The summed E-state index contributed by atoms with van der Waals surface area (Å²) in [7, 11) is 0. The minimum atomic E-state index is -0.920. The molecule has 1 fully saturated rings. The first-order valence-corrected chi connectivity index (χ1v) is 9.45. The summed E-state index contributed by atoms with van der Waals surface area (Å²) in [6.45, 7) is 3.66. The van der Waals surface area contributed by atoms with E-state index >= 15 is 0 Å². The van der Waals surface area contributed by atoms with Gasteiger partial charge in [0.05, 0.1) is 28.3 Å². The predicted octanol–water partition coefficient (Wildman–Crippen LogP) is 2.94. The van der Waals surface area contributed by atoms with E-state index in [0.29, 0.717) is 35.1 Å². The van der Waals surface area contributed by atoms with Crippen LogP contribution in [-0.2, 0) is 6.54 Å². The minimum absolute atomic E-state index is 0.0650. The number of hydrogen-bond donors (Lipinski definition) is 3. The van der Waals surface area contributed by atoms with Gasteiger partial charge in [0, 0.05) is 32.0 Å². The lowest BCUT2D eigenvalue weighted by molar-refractivity contribution is 0.122. The van der Waals surface area contributed by atoms with E-state index in [2.05, 4.69) is 20.4 Å². The van der Waals surface area contributed by atoms with Crippen molar-refractivity contribution in [2.45, 2.75) is 32.4 Å². The third kappa shape index (κ3) is 3.31. The Hall–Kier alpha value is -3.01. The van der Waals surface area contributed by atoms with Gasteiger partial charge in [-0.25, -0.2) is 4.79 Å². The highest BCUT2D eigenvalue weighted by molar-refractivity contribution is 6.36. The SMILES string of the molecule is CCn1cc(Nc2nc(N)c3c(Cl)cn(C4CCCN(C(=O)O)C4)c3n2)cn1. The molecule has 0 saturated carbocycles. The average Bonchev–Trinajstić information content (AvgIpc) is 3.26. The van der Waals surface area contributed by atoms with E-state index < -0.39 is 6.09 Å². The van der Waals surface area contributed by atoms with Crippen LogP contribution in [0, 0.1) is 0 Å². The summed E-state index contributed by atoms with van der Waals surface area (Å²) in [5, 5.41) is 17.7. The molecule has 4 N–H and O–H groups in total. The van der Waals surface area contributed by atoms with Gasteiger partial charge in [0.2, 0.25) is 5.95 Å². The number of halogens is 1. The summed E-state index contributed by atoms with van der Waals surface area (Å²) in [4.78, 5) is 21.7. The van der Waals surface area contributed by atoms with Crippen LogP contribution in [0.25, 0.3) is 11.0 Å². The Bertz CT molecular complexity index is 1030. The van der Waals surface area contributed by atoms with E-state index in [9.17, 15) is 9.90 Å². The molecule has 3 aromatic rings. The summed E-state index contributed by atoms with van der Waals surface area (Å²) in [5.41, 5.74) is 7.48. The van der Waals surface area contributed by atoms with Gasteiger partial charge in [0.25, 0.3) is 0 Å². The van der Waals surface area contributed by atoms with Crippen LogP contribution in [-0.4, -0.2) is 53.5 Å². The quantitative estimate of drug-likeness (QED) is 0.609. The van der Waals surface area contributed by atoms with E-state index in [0.717, 1.165) is 25.1 Å². The zero-order valence-electron chi connectivity index (χ0n) is 15.3. The van der Waals surface area contributed by atoms with E-state index in [4.69, 9.17) is 17.3 Å². The van der Waals surface area contributed by atoms with Crippen molar-refractivity contribution in [2.75, 3.05) is 24.1 Å². The number of piperidine rings is 1. The fourth-order valence-electron chi connectivity index (χ4n) is 3.55. The Labute approximate surface area is 165 Å². The van der Waals surface area contributed by atoms with Crippen molar-refractivity contribution in [1.29, 1.82) is 0 Å². The predicted molar refractivity (Wildman–Crippen MR) is 106 cm³/mol. The van der Waals surface area contributed by atoms with E-state index in [1.54, 1.807) is 17.1 Å². The average molecular weight is 405 g/mol. The zero-order valence-corrected chi connectivity index (χ0v) is 16.1. The van der Waals surface area contributed by atoms with Crippen LogP contribution in [0.4, 0.5) is 22.2 Å². The number of rotatable bonds is 4. The maximum absolute atomic E-state index is 11.4. The molecule has 0 radical (unpaired) electrons. The highest BCUT2D eigenvalue weighted by atomic mass is 35.5. The molecule has 148 valence electrons. The van der Waals surface area contributed by atoms with Gasteiger partial charge in [-0.1, -0.05) is 11.6 Å². The van der Waals surface area contributed by atoms with Gasteiger partial charge >= 0.3 is 6.09 Å². The summed E-state index contributed by atoms with van der Waals surface area (Å²) < 4.78 is 3.69. The molecule has 10 nitrogen and oxygen atoms in total. The molecule has 1 aliphatic rings. The third-order valence-electron chi connectivity index (χ3n) is 4.93. The topological polar surface area (TPSA) is 127 Å². The minimum Gasteiger partial charge on any atom is -0.465 e. The van der Waals surface area contributed by atoms with Crippen molar-refractivity contribution in [3.63, 3.8) is 0 Å². The molecule has 28 heavy (non-hydrogen) atoms. The molecule has 1 amide bonds. The first-order valence-electron chi connectivity index (χ1n) is 9.07. The number of nitrogens with zero attached hydrogens (tertiary/aromatic N) is 6. The number of hydrogen-bond acceptors (Lipinski definition) is 6. The Balaban J connectivity index is 1.71. The first-order chi connectivity index (χ1) is 13.5. The summed E-state index contributed by atoms with van der Waals surface area (Å²) in [5.74, 6) is 0.604. The molecule has 0 bridgehead atoms. The molecular weight excluding hydrogens is 384 g/mol. The van der Waals surface area contributed by atoms with Crippen LogP contribution in [0.15, 0.2) is 18.6 Å². The lowest BCUT2D eigenvalue weighted by Crippen LogP contribution is -2.39. The molecule has 0 aliphatic carbocycles. The van der Waals surface area contributed by atoms with Crippen molar-refractivity contribution < 1.29 is 9.90 Å². The smallest absolute Gasteiger partial charge is 0.407 e. The number of anilines is 3. The maximum Gasteiger partial charge on any atom is 0.407 e. The van der Waals surface area contributed by atoms with Crippen molar-refractivity contribution in [3.05, 3.63) is 23.6 Å². The second-order valence-electron chi connectivity index (χ2n) is 6.75. The van der Waals surface area contributed by atoms with Gasteiger partial charge in [-0.3, -0.25) is 4.68 Å². The number of aromatic nitrogens is 5. The lowest BCUT2D eigenvalue weighted by atomic mass is 10.1. The molecule has 1 saturated heterocycles. The van der Waals surface area contributed by atoms with Crippen LogP contribution in [0.3, 0.4) is 0 Å². The second-order valence-corrected chi connectivity index (χ2v) is 7.16. The molecule has 1 atom stereocenters. The normalized spacial score (nSPS) is 17.2. The van der Waals surface area contributed by atoms with Gasteiger partial charge < -0.3 is 25.6 Å². The molecule has 11 heteroatoms. The van der Waals surface area contributed by atoms with Crippen molar-refractivity contribution >= 4 is 46.2 Å². The number of likely N-dealkylation sites (tertiary alicyclic amines) is 1. The lowest BCUT2D eigenvalue weighted by Gasteiger charge is -2.31. The number of nitrogens with one attached hydrogen (secondary N) is 1. The molecule has 0 aromatic carbocycles. The second kappa shape index (κ2) is 7.19. The molecule has 3 aromatic heterocycles. The number of nitrogens with two attached hydrogens (primary N) is 1.